The van der Waals surface area contributed by atoms with Gasteiger partial charge >= 0.3 is 39.5 Å². The maximum atomic E-state index is 13.0. The first-order valence-electron chi connectivity index (χ1n) is 35.6. The molecule has 87 heavy (non-hydrogen) atoms. The van der Waals surface area contributed by atoms with E-state index in [-0.39, 0.29) is 25.7 Å². The van der Waals surface area contributed by atoms with E-state index in [0.29, 0.717) is 25.7 Å². The van der Waals surface area contributed by atoms with E-state index in [1.807, 2.05) is 0 Å². The number of aliphatic hydroxyl groups is 1. The van der Waals surface area contributed by atoms with Crippen molar-refractivity contribution < 1.29 is 80.2 Å². The van der Waals surface area contributed by atoms with E-state index in [0.717, 1.165) is 115 Å². The highest BCUT2D eigenvalue weighted by Crippen LogP contribution is 2.45. The Hall–Kier alpha value is -1.94. The molecular weight excluding hydrogens is 1150 g/mol. The Morgan fingerprint density at radius 2 is 0.552 bits per heavy atom. The van der Waals surface area contributed by atoms with Crippen molar-refractivity contribution in [3.63, 3.8) is 0 Å². The van der Waals surface area contributed by atoms with Crippen molar-refractivity contribution in [2.24, 2.45) is 11.8 Å². The zero-order chi connectivity index (χ0) is 64.3. The zero-order valence-electron chi connectivity index (χ0n) is 56.3. The van der Waals surface area contributed by atoms with Crippen LogP contribution in [0.25, 0.3) is 0 Å². The number of esters is 4. The average Bonchev–Trinajstić information content (AvgIpc) is 3.70. The number of aliphatic hydroxyl groups excluding tert-OH is 1. The average molecular weight is 1280 g/mol. The van der Waals surface area contributed by atoms with E-state index in [9.17, 15) is 43.2 Å². The van der Waals surface area contributed by atoms with Crippen LogP contribution in [0.5, 0.6) is 0 Å². The first-order chi connectivity index (χ1) is 41.9. The van der Waals surface area contributed by atoms with Gasteiger partial charge in [0, 0.05) is 25.7 Å². The third-order valence-corrected chi connectivity index (χ3v) is 18.3. The Morgan fingerprint density at radius 3 is 0.816 bits per heavy atom. The van der Waals surface area contributed by atoms with Crippen molar-refractivity contribution >= 4 is 39.5 Å². The molecule has 0 aliphatic rings. The molecule has 0 bridgehead atoms. The van der Waals surface area contributed by atoms with E-state index in [4.69, 9.17) is 37.0 Å². The summed E-state index contributed by atoms with van der Waals surface area (Å²) in [5.41, 5.74) is 0. The summed E-state index contributed by atoms with van der Waals surface area (Å²) in [5.74, 6) is -0.518. The van der Waals surface area contributed by atoms with Crippen LogP contribution in [0.2, 0.25) is 0 Å². The molecule has 7 atom stereocenters. The normalized spacial score (nSPS) is 14.8. The molecule has 0 spiro atoms. The molecule has 0 aromatic heterocycles. The van der Waals surface area contributed by atoms with Crippen LogP contribution >= 0.6 is 15.6 Å². The molecule has 0 aromatic carbocycles. The van der Waals surface area contributed by atoms with Gasteiger partial charge in [-0.2, -0.15) is 0 Å². The monoisotopic (exact) mass is 1280 g/mol. The second-order valence-electron chi connectivity index (χ2n) is 25.0. The number of phosphoric acid groups is 2. The summed E-state index contributed by atoms with van der Waals surface area (Å²) in [4.78, 5) is 72.3. The van der Waals surface area contributed by atoms with Gasteiger partial charge < -0.3 is 33.8 Å². The van der Waals surface area contributed by atoms with Crippen molar-refractivity contribution in [3.05, 3.63) is 0 Å². The van der Waals surface area contributed by atoms with Crippen LogP contribution in [0.1, 0.15) is 343 Å². The summed E-state index contributed by atoms with van der Waals surface area (Å²) < 4.78 is 68.1. The van der Waals surface area contributed by atoms with Gasteiger partial charge in [-0.15, -0.1) is 0 Å². The number of carbonyl (C=O) groups is 4. The smallest absolute Gasteiger partial charge is 0.462 e. The molecule has 17 nitrogen and oxygen atoms in total. The topological polar surface area (TPSA) is 237 Å². The predicted molar refractivity (Wildman–Crippen MR) is 349 cm³/mol. The fourth-order valence-corrected chi connectivity index (χ4v) is 11.8. The zero-order valence-corrected chi connectivity index (χ0v) is 58.1. The van der Waals surface area contributed by atoms with Gasteiger partial charge in [-0.05, 0) is 37.5 Å². The molecule has 516 valence electrons. The van der Waals surface area contributed by atoms with E-state index in [2.05, 4.69) is 41.5 Å². The van der Waals surface area contributed by atoms with Crippen LogP contribution < -0.4 is 0 Å². The van der Waals surface area contributed by atoms with Gasteiger partial charge in [0.2, 0.25) is 0 Å². The molecular formula is C68H132O17P2. The molecule has 0 fully saturated rings. The highest BCUT2D eigenvalue weighted by molar-refractivity contribution is 7.47. The number of unbranched alkanes of at least 4 members (excludes halogenated alkanes) is 35. The Balaban J connectivity index is 5.23. The second-order valence-corrected chi connectivity index (χ2v) is 28.0. The summed E-state index contributed by atoms with van der Waals surface area (Å²) in [6.07, 6.45) is 44.3. The van der Waals surface area contributed by atoms with Gasteiger partial charge in [0.15, 0.2) is 12.2 Å². The van der Waals surface area contributed by atoms with Crippen molar-refractivity contribution in [3.8, 4) is 0 Å². The van der Waals surface area contributed by atoms with Crippen LogP contribution in [0.4, 0.5) is 0 Å². The number of carbonyl (C=O) groups excluding carboxylic acids is 4. The van der Waals surface area contributed by atoms with Crippen LogP contribution in [-0.2, 0) is 65.4 Å². The molecule has 0 aromatic rings. The Kier molecular flexibility index (Phi) is 59.0. The summed E-state index contributed by atoms with van der Waals surface area (Å²) in [6.45, 7) is 9.55. The molecule has 0 heterocycles. The maximum absolute atomic E-state index is 13.0. The highest BCUT2D eigenvalue weighted by Gasteiger charge is 2.30. The lowest BCUT2D eigenvalue weighted by atomic mass is 9.99. The summed E-state index contributed by atoms with van der Waals surface area (Å²) in [7, 11) is -9.89. The number of phosphoric ester groups is 2. The molecule has 0 aliphatic heterocycles. The van der Waals surface area contributed by atoms with Crippen molar-refractivity contribution in [1.29, 1.82) is 0 Å². The van der Waals surface area contributed by atoms with Gasteiger partial charge in [-0.1, -0.05) is 292 Å². The standard InChI is InChI=1S/C68H132O17P2/c1-7-11-13-15-17-18-19-20-28-34-40-46-52-67(72)84-63(56-78-65(70)50-44-38-30-16-14-12-8-2)58-82-86(74,75)80-54-62(69)55-81-87(76,77)83-59-64(85-68(73)53-47-41-35-29-24-22-26-32-37-43-49-61(6)10-4)57-79-66(71)51-45-39-33-27-23-21-25-31-36-42-48-60(5)9-3/h60-64,69H,7-59H2,1-6H3,(H,74,75)(H,76,77)/t60?,61?,62-,63+,64+/m0/s1. The van der Waals surface area contributed by atoms with E-state index >= 15 is 0 Å². The lowest BCUT2D eigenvalue weighted by Gasteiger charge is -2.21. The third-order valence-electron chi connectivity index (χ3n) is 16.4. The number of rotatable bonds is 67. The quantitative estimate of drug-likeness (QED) is 0.0222. The Bertz CT molecular complexity index is 1700. The molecule has 0 aliphatic carbocycles. The third kappa shape index (κ3) is 60.1. The SMILES string of the molecule is CCCCCCCCCCCCCCC(=O)O[C@H](COC(=O)CCCCCCCCC)COP(=O)(O)OC[C@H](O)COP(=O)(O)OC[C@@H](COC(=O)CCCCCCCCCCCCC(C)CC)OC(=O)CCCCCCCCCCCCC(C)CC. The Labute approximate surface area is 530 Å². The van der Waals surface area contributed by atoms with Crippen molar-refractivity contribution in [2.75, 3.05) is 39.6 Å². The van der Waals surface area contributed by atoms with Gasteiger partial charge in [0.25, 0.3) is 0 Å². The molecule has 0 saturated carbocycles. The van der Waals surface area contributed by atoms with E-state index in [1.165, 1.54) is 148 Å². The molecule has 0 saturated heterocycles. The van der Waals surface area contributed by atoms with Gasteiger partial charge in [-0.3, -0.25) is 37.3 Å². The number of ether oxygens (including phenoxy) is 4. The lowest BCUT2D eigenvalue weighted by molar-refractivity contribution is -0.161. The summed E-state index contributed by atoms with van der Waals surface area (Å²) in [5, 5.41) is 10.6. The second kappa shape index (κ2) is 60.3. The first-order valence-corrected chi connectivity index (χ1v) is 38.6. The minimum absolute atomic E-state index is 0.106. The molecule has 0 rings (SSSR count). The minimum atomic E-state index is -4.95. The summed E-state index contributed by atoms with van der Waals surface area (Å²) in [6, 6.07) is 0. The van der Waals surface area contributed by atoms with Crippen LogP contribution in [0.15, 0.2) is 0 Å². The summed E-state index contributed by atoms with van der Waals surface area (Å²) >= 11 is 0. The lowest BCUT2D eigenvalue weighted by Crippen LogP contribution is -2.30. The molecule has 0 amide bonds. The fraction of sp³-hybridized carbons (Fsp3) is 0.941. The highest BCUT2D eigenvalue weighted by atomic mass is 31.2. The van der Waals surface area contributed by atoms with Crippen LogP contribution in [0, 0.1) is 11.8 Å². The molecule has 3 N–H and O–H groups in total. The van der Waals surface area contributed by atoms with Crippen LogP contribution in [0.3, 0.4) is 0 Å². The maximum Gasteiger partial charge on any atom is 0.472 e. The van der Waals surface area contributed by atoms with E-state index < -0.39 is 97.5 Å². The fourth-order valence-electron chi connectivity index (χ4n) is 10.2. The first kappa shape index (κ1) is 85.1. The molecule has 19 heteroatoms. The van der Waals surface area contributed by atoms with Gasteiger partial charge in [-0.25, -0.2) is 9.13 Å². The largest absolute Gasteiger partial charge is 0.472 e. The minimum Gasteiger partial charge on any atom is -0.462 e. The van der Waals surface area contributed by atoms with Crippen molar-refractivity contribution in [2.45, 2.75) is 362 Å². The molecule has 4 unspecified atom stereocenters. The molecule has 0 radical (unpaired) electrons. The predicted octanol–water partition coefficient (Wildman–Crippen LogP) is 19.2. The van der Waals surface area contributed by atoms with E-state index in [1.54, 1.807) is 0 Å². The van der Waals surface area contributed by atoms with Gasteiger partial charge in [0.1, 0.15) is 19.3 Å². The Morgan fingerprint density at radius 1 is 0.322 bits per heavy atom. The van der Waals surface area contributed by atoms with Gasteiger partial charge in [0.05, 0.1) is 26.4 Å². The van der Waals surface area contributed by atoms with Crippen molar-refractivity contribution in [1.82, 2.24) is 0 Å². The number of hydrogen-bond donors (Lipinski definition) is 3. The van der Waals surface area contributed by atoms with Crippen LogP contribution in [-0.4, -0.2) is 96.7 Å². The number of hydrogen-bond acceptors (Lipinski definition) is 15.